The van der Waals surface area contributed by atoms with Crippen molar-refractivity contribution in [2.24, 2.45) is 0 Å². The van der Waals surface area contributed by atoms with Crippen LogP contribution in [0.5, 0.6) is 0 Å². The quantitative estimate of drug-likeness (QED) is 0.621. The molecule has 0 bridgehead atoms. The SMILES string of the molecule is CC(C)N1CCC(N2CCC(NS(=O)(=O)c3ccc4cc(CCCl)ccc4c3)C2=O)CC1. The minimum atomic E-state index is -3.79. The summed E-state index contributed by atoms with van der Waals surface area (Å²) in [6, 6.07) is 11.0. The fourth-order valence-electron chi connectivity index (χ4n) is 4.85. The topological polar surface area (TPSA) is 69.7 Å². The number of sulfonamides is 1. The van der Waals surface area contributed by atoms with Gasteiger partial charge in [-0.1, -0.05) is 24.3 Å². The van der Waals surface area contributed by atoms with Gasteiger partial charge in [-0.15, -0.1) is 11.6 Å². The van der Waals surface area contributed by atoms with Crippen molar-refractivity contribution in [2.45, 2.75) is 62.6 Å². The van der Waals surface area contributed by atoms with E-state index in [2.05, 4.69) is 23.5 Å². The standard InChI is InChI=1S/C24H32ClN3O3S/c1-17(2)27-12-8-21(9-13-27)28-14-10-23(24(28)29)26-32(30,31)22-6-5-19-15-18(7-11-25)3-4-20(19)16-22/h3-6,15-17,21,23,26H,7-14H2,1-2H3. The van der Waals surface area contributed by atoms with Crippen LogP contribution in [0.3, 0.4) is 0 Å². The molecule has 1 unspecified atom stereocenters. The predicted molar refractivity (Wildman–Crippen MR) is 129 cm³/mol. The van der Waals surface area contributed by atoms with Crippen LogP contribution in [0.1, 0.15) is 38.7 Å². The second kappa shape index (κ2) is 9.67. The van der Waals surface area contributed by atoms with Gasteiger partial charge in [-0.05, 0) is 68.0 Å². The predicted octanol–water partition coefficient (Wildman–Crippen LogP) is 3.37. The molecule has 4 rings (SSSR count). The van der Waals surface area contributed by atoms with Gasteiger partial charge in [0.05, 0.1) is 4.90 Å². The van der Waals surface area contributed by atoms with Gasteiger partial charge in [0.1, 0.15) is 6.04 Å². The van der Waals surface area contributed by atoms with E-state index in [1.807, 2.05) is 29.2 Å². The number of alkyl halides is 1. The van der Waals surface area contributed by atoms with Gasteiger partial charge in [-0.3, -0.25) is 4.79 Å². The zero-order valence-corrected chi connectivity index (χ0v) is 20.3. The molecule has 2 aliphatic heterocycles. The van der Waals surface area contributed by atoms with Crippen molar-refractivity contribution >= 4 is 38.3 Å². The van der Waals surface area contributed by atoms with Crippen LogP contribution >= 0.6 is 11.6 Å². The molecule has 2 fully saturated rings. The zero-order valence-electron chi connectivity index (χ0n) is 18.8. The third kappa shape index (κ3) is 4.96. The fourth-order valence-corrected chi connectivity index (χ4v) is 6.33. The smallest absolute Gasteiger partial charge is 0.241 e. The molecule has 32 heavy (non-hydrogen) atoms. The van der Waals surface area contributed by atoms with E-state index < -0.39 is 16.1 Å². The number of likely N-dealkylation sites (tertiary alicyclic amines) is 2. The Kier molecular flexibility index (Phi) is 7.10. The summed E-state index contributed by atoms with van der Waals surface area (Å²) in [6.07, 6.45) is 3.17. The van der Waals surface area contributed by atoms with Gasteiger partial charge in [-0.2, -0.15) is 4.72 Å². The number of hydrogen-bond donors (Lipinski definition) is 1. The highest BCUT2D eigenvalue weighted by Gasteiger charge is 2.39. The largest absolute Gasteiger partial charge is 0.338 e. The molecule has 0 aliphatic carbocycles. The van der Waals surface area contributed by atoms with E-state index in [-0.39, 0.29) is 16.8 Å². The Labute approximate surface area is 196 Å². The molecule has 0 spiro atoms. The minimum absolute atomic E-state index is 0.0944. The average Bonchev–Trinajstić information content (AvgIpc) is 3.13. The van der Waals surface area contributed by atoms with Gasteiger partial charge in [0, 0.05) is 37.6 Å². The van der Waals surface area contributed by atoms with E-state index in [9.17, 15) is 13.2 Å². The molecule has 2 saturated heterocycles. The number of carbonyl (C=O) groups excluding carboxylic acids is 1. The Morgan fingerprint density at radius 3 is 2.41 bits per heavy atom. The molecule has 2 aromatic rings. The third-order valence-corrected chi connectivity index (χ3v) is 8.44. The van der Waals surface area contributed by atoms with E-state index in [1.54, 1.807) is 12.1 Å². The summed E-state index contributed by atoms with van der Waals surface area (Å²) in [5.74, 6) is 0.452. The number of rotatable bonds is 7. The molecule has 2 heterocycles. The molecule has 1 amide bonds. The Bertz CT molecular complexity index is 1080. The molecule has 0 saturated carbocycles. The number of amides is 1. The van der Waals surface area contributed by atoms with Gasteiger partial charge in [0.15, 0.2) is 0 Å². The maximum atomic E-state index is 13.0. The highest BCUT2D eigenvalue weighted by molar-refractivity contribution is 7.89. The first-order valence-corrected chi connectivity index (χ1v) is 13.5. The summed E-state index contributed by atoms with van der Waals surface area (Å²) >= 11 is 5.82. The van der Waals surface area contributed by atoms with E-state index in [4.69, 9.17) is 11.6 Å². The van der Waals surface area contributed by atoms with Crippen molar-refractivity contribution in [2.75, 3.05) is 25.5 Å². The van der Waals surface area contributed by atoms with E-state index in [0.29, 0.717) is 24.9 Å². The first kappa shape index (κ1) is 23.5. The highest BCUT2D eigenvalue weighted by atomic mass is 35.5. The van der Waals surface area contributed by atoms with Gasteiger partial charge in [-0.25, -0.2) is 8.42 Å². The number of nitrogens with zero attached hydrogens (tertiary/aromatic N) is 2. The van der Waals surface area contributed by atoms with Crippen LogP contribution in [0.25, 0.3) is 10.8 Å². The van der Waals surface area contributed by atoms with Gasteiger partial charge < -0.3 is 9.80 Å². The van der Waals surface area contributed by atoms with Gasteiger partial charge >= 0.3 is 0 Å². The van der Waals surface area contributed by atoms with Crippen LogP contribution in [0.2, 0.25) is 0 Å². The summed E-state index contributed by atoms with van der Waals surface area (Å²) in [5, 5.41) is 1.82. The number of fused-ring (bicyclic) bond motifs is 1. The molecule has 2 aromatic carbocycles. The van der Waals surface area contributed by atoms with Gasteiger partial charge in [0.25, 0.3) is 0 Å². The molecule has 174 valence electrons. The minimum Gasteiger partial charge on any atom is -0.338 e. The number of hydrogen-bond acceptors (Lipinski definition) is 4. The first-order valence-electron chi connectivity index (χ1n) is 11.4. The Balaban J connectivity index is 1.43. The van der Waals surface area contributed by atoms with Crippen LogP contribution in [0, 0.1) is 0 Å². The fraction of sp³-hybridized carbons (Fsp3) is 0.542. The summed E-state index contributed by atoms with van der Waals surface area (Å²) < 4.78 is 28.8. The summed E-state index contributed by atoms with van der Waals surface area (Å²) in [5.41, 5.74) is 1.12. The molecule has 0 radical (unpaired) electrons. The van der Waals surface area contributed by atoms with Crippen LogP contribution in [-0.4, -0.2) is 67.8 Å². The van der Waals surface area contributed by atoms with Crippen LogP contribution in [0.4, 0.5) is 0 Å². The van der Waals surface area contributed by atoms with Crippen LogP contribution < -0.4 is 4.72 Å². The number of halogens is 1. The van der Waals surface area contributed by atoms with Crippen molar-refractivity contribution in [3.63, 3.8) is 0 Å². The molecule has 8 heteroatoms. The van der Waals surface area contributed by atoms with Crippen molar-refractivity contribution in [3.05, 3.63) is 42.0 Å². The lowest BCUT2D eigenvalue weighted by atomic mass is 10.0. The van der Waals surface area contributed by atoms with Crippen molar-refractivity contribution in [3.8, 4) is 0 Å². The lowest BCUT2D eigenvalue weighted by Crippen LogP contribution is -2.49. The van der Waals surface area contributed by atoms with E-state index in [0.717, 1.165) is 48.7 Å². The maximum Gasteiger partial charge on any atom is 0.241 e. The number of nitrogens with one attached hydrogen (secondary N) is 1. The molecule has 1 N–H and O–H groups in total. The normalized spacial score (nSPS) is 21.2. The lowest BCUT2D eigenvalue weighted by molar-refractivity contribution is -0.131. The lowest BCUT2D eigenvalue weighted by Gasteiger charge is -2.38. The average molecular weight is 478 g/mol. The second-order valence-corrected chi connectivity index (χ2v) is 11.2. The van der Waals surface area contributed by atoms with E-state index in [1.165, 1.54) is 0 Å². The van der Waals surface area contributed by atoms with Crippen LogP contribution in [-0.2, 0) is 21.2 Å². The van der Waals surface area contributed by atoms with E-state index >= 15 is 0 Å². The molecule has 2 aliphatic rings. The second-order valence-electron chi connectivity index (χ2n) is 9.14. The van der Waals surface area contributed by atoms with Gasteiger partial charge in [0.2, 0.25) is 15.9 Å². The number of piperidine rings is 1. The molecular weight excluding hydrogens is 446 g/mol. The summed E-state index contributed by atoms with van der Waals surface area (Å²) in [7, 11) is -3.79. The van der Waals surface area contributed by atoms with Crippen molar-refractivity contribution in [1.82, 2.24) is 14.5 Å². The molecule has 6 nitrogen and oxygen atoms in total. The monoisotopic (exact) mass is 477 g/mol. The first-order chi connectivity index (χ1) is 15.3. The third-order valence-electron chi connectivity index (χ3n) is 6.78. The van der Waals surface area contributed by atoms with Crippen molar-refractivity contribution < 1.29 is 13.2 Å². The number of carbonyl (C=O) groups is 1. The summed E-state index contributed by atoms with van der Waals surface area (Å²) in [4.78, 5) is 17.5. The van der Waals surface area contributed by atoms with Crippen LogP contribution in [0.15, 0.2) is 41.3 Å². The Hall–Kier alpha value is -1.67. The Morgan fingerprint density at radius 1 is 1.03 bits per heavy atom. The van der Waals surface area contributed by atoms with Crippen molar-refractivity contribution in [1.29, 1.82) is 0 Å². The summed E-state index contributed by atoms with van der Waals surface area (Å²) in [6.45, 7) is 6.95. The zero-order chi connectivity index (χ0) is 22.9. The molecular formula is C24H32ClN3O3S. The number of aryl methyl sites for hydroxylation is 1. The molecule has 0 aromatic heterocycles. The highest BCUT2D eigenvalue weighted by Crippen LogP contribution is 2.25. The Morgan fingerprint density at radius 2 is 1.72 bits per heavy atom. The maximum absolute atomic E-state index is 13.0. The molecule has 1 atom stereocenters. The number of benzene rings is 2.